The van der Waals surface area contributed by atoms with Gasteiger partial charge in [-0.2, -0.15) is 0 Å². The van der Waals surface area contributed by atoms with Crippen LogP contribution in [0.3, 0.4) is 0 Å². The molecule has 0 unspecified atom stereocenters. The summed E-state index contributed by atoms with van der Waals surface area (Å²) in [5, 5.41) is 4.71. The Bertz CT molecular complexity index is 2190. The monoisotopic (exact) mass is 530 g/mol. The summed E-state index contributed by atoms with van der Waals surface area (Å²) in [6.45, 7) is 4.22. The van der Waals surface area contributed by atoms with Gasteiger partial charge in [-0.25, -0.2) is 4.39 Å². The van der Waals surface area contributed by atoms with Gasteiger partial charge in [0.15, 0.2) is 0 Å². The molecule has 0 saturated carbocycles. The lowest BCUT2D eigenvalue weighted by Crippen LogP contribution is -2.03. The molecule has 0 aliphatic heterocycles. The maximum absolute atomic E-state index is 16.1. The summed E-state index contributed by atoms with van der Waals surface area (Å²) >= 11 is 0. The van der Waals surface area contributed by atoms with E-state index in [2.05, 4.69) is 114 Å². The molecule has 0 spiro atoms. The molecule has 0 atom stereocenters. The molecule has 8 rings (SSSR count). The number of hydrogen-bond donors (Lipinski definition) is 0. The number of rotatable bonds is 3. The van der Waals surface area contributed by atoms with Crippen LogP contribution < -0.4 is 0 Å². The van der Waals surface area contributed by atoms with Crippen LogP contribution >= 0.6 is 0 Å². The molecule has 0 saturated heterocycles. The van der Waals surface area contributed by atoms with Crippen molar-refractivity contribution in [2.24, 2.45) is 0 Å². The third-order valence-corrected chi connectivity index (χ3v) is 8.45. The van der Waals surface area contributed by atoms with Gasteiger partial charge in [-0.3, -0.25) is 0 Å². The molecule has 6 aromatic carbocycles. The number of benzene rings is 6. The van der Waals surface area contributed by atoms with Gasteiger partial charge >= 0.3 is 0 Å². The average molecular weight is 531 g/mol. The topological polar surface area (TPSA) is 9.86 Å². The molecule has 2 nitrogen and oxygen atoms in total. The molecule has 0 aliphatic carbocycles. The van der Waals surface area contributed by atoms with E-state index in [-0.39, 0.29) is 5.82 Å². The molecule has 0 fully saturated rings. The van der Waals surface area contributed by atoms with Crippen LogP contribution in [-0.2, 0) is 0 Å². The van der Waals surface area contributed by atoms with Gasteiger partial charge in [0.1, 0.15) is 5.82 Å². The minimum Gasteiger partial charge on any atom is -0.309 e. The lowest BCUT2D eigenvalue weighted by molar-refractivity contribution is 0.621. The van der Waals surface area contributed by atoms with Gasteiger partial charge in [0.05, 0.1) is 27.8 Å². The first-order valence-corrected chi connectivity index (χ1v) is 14.0. The Morgan fingerprint density at radius 2 is 0.927 bits per heavy atom. The zero-order chi connectivity index (χ0) is 27.7. The first kappa shape index (κ1) is 23.7. The van der Waals surface area contributed by atoms with Gasteiger partial charge < -0.3 is 9.13 Å². The maximum atomic E-state index is 16.1. The number of aromatic nitrogens is 2. The Labute approximate surface area is 237 Å². The second-order valence-electron chi connectivity index (χ2n) is 10.8. The van der Waals surface area contributed by atoms with Gasteiger partial charge in [0.2, 0.25) is 0 Å². The molecule has 0 amide bonds. The third kappa shape index (κ3) is 3.42. The van der Waals surface area contributed by atoms with Crippen molar-refractivity contribution in [3.63, 3.8) is 0 Å². The van der Waals surface area contributed by atoms with Crippen LogP contribution in [0.2, 0.25) is 0 Å². The van der Waals surface area contributed by atoms with Gasteiger partial charge in [-0.15, -0.1) is 0 Å². The van der Waals surface area contributed by atoms with Crippen molar-refractivity contribution >= 4 is 43.6 Å². The van der Waals surface area contributed by atoms with Crippen LogP contribution in [0.4, 0.5) is 4.39 Å². The van der Waals surface area contributed by atoms with Gasteiger partial charge in [-0.1, -0.05) is 84.9 Å². The second-order valence-corrected chi connectivity index (χ2v) is 10.8. The lowest BCUT2D eigenvalue weighted by Gasteiger charge is -2.19. The van der Waals surface area contributed by atoms with Crippen LogP contribution in [0, 0.1) is 19.7 Å². The van der Waals surface area contributed by atoms with Crippen LogP contribution in [0.25, 0.3) is 66.1 Å². The van der Waals surface area contributed by atoms with Crippen molar-refractivity contribution in [2.75, 3.05) is 0 Å². The fraction of sp³-hybridized carbons (Fsp3) is 0.0526. The number of para-hydroxylation sites is 4. The molecule has 2 heterocycles. The molecule has 8 aromatic rings. The highest BCUT2D eigenvalue weighted by atomic mass is 19.1. The highest BCUT2D eigenvalue weighted by Crippen LogP contribution is 2.40. The molecule has 0 N–H and O–H groups in total. The molecular formula is C38H27FN2. The minimum absolute atomic E-state index is 0.235. The van der Waals surface area contributed by atoms with Crippen LogP contribution in [0.15, 0.2) is 127 Å². The van der Waals surface area contributed by atoms with Crippen LogP contribution in [0.1, 0.15) is 11.1 Å². The van der Waals surface area contributed by atoms with Gasteiger partial charge in [-0.05, 0) is 73.0 Å². The van der Waals surface area contributed by atoms with E-state index in [1.54, 1.807) is 6.07 Å². The maximum Gasteiger partial charge on any atom is 0.147 e. The smallest absolute Gasteiger partial charge is 0.147 e. The predicted molar refractivity (Wildman–Crippen MR) is 170 cm³/mol. The van der Waals surface area contributed by atoms with E-state index < -0.39 is 0 Å². The van der Waals surface area contributed by atoms with Gasteiger partial charge in [0, 0.05) is 32.8 Å². The summed E-state index contributed by atoms with van der Waals surface area (Å²) in [6.07, 6.45) is 0. The molecule has 3 heteroatoms. The highest BCUT2D eigenvalue weighted by Gasteiger charge is 2.21. The van der Waals surface area contributed by atoms with Crippen molar-refractivity contribution in [2.45, 2.75) is 13.8 Å². The predicted octanol–water partition coefficient (Wildman–Crippen LogP) is 10.3. The first-order chi connectivity index (χ1) is 20.1. The Hall–Kier alpha value is -5.15. The summed E-state index contributed by atoms with van der Waals surface area (Å²) in [4.78, 5) is 0. The van der Waals surface area contributed by atoms with Crippen molar-refractivity contribution in [3.05, 3.63) is 144 Å². The Morgan fingerprint density at radius 3 is 1.41 bits per heavy atom. The fourth-order valence-corrected chi connectivity index (χ4v) is 6.66. The molecule has 0 radical (unpaired) electrons. The SMILES string of the molecule is Cc1cc(-c2c(C)ccc(F)c2-n2c3ccccc3c3ccccc32)ccc1-n1c2ccccc2c2ccccc21. The van der Waals surface area contributed by atoms with E-state index in [1.165, 1.54) is 21.8 Å². The summed E-state index contributed by atoms with van der Waals surface area (Å²) in [7, 11) is 0. The molecule has 196 valence electrons. The second kappa shape index (κ2) is 8.94. The Balaban J connectivity index is 1.39. The summed E-state index contributed by atoms with van der Waals surface area (Å²) in [6, 6.07) is 43.7. The van der Waals surface area contributed by atoms with Crippen molar-refractivity contribution in [1.29, 1.82) is 0 Å². The van der Waals surface area contributed by atoms with E-state index in [0.29, 0.717) is 5.69 Å². The van der Waals surface area contributed by atoms with E-state index in [9.17, 15) is 0 Å². The van der Waals surface area contributed by atoms with Crippen molar-refractivity contribution in [3.8, 4) is 22.5 Å². The molecular weight excluding hydrogens is 503 g/mol. The summed E-state index contributed by atoms with van der Waals surface area (Å²) in [5.74, 6) is -0.235. The van der Waals surface area contributed by atoms with Crippen molar-refractivity contribution in [1.82, 2.24) is 9.13 Å². The highest BCUT2D eigenvalue weighted by molar-refractivity contribution is 6.10. The molecule has 0 bridgehead atoms. The van der Waals surface area contributed by atoms with Gasteiger partial charge in [0.25, 0.3) is 0 Å². The Kier molecular flexibility index (Phi) is 5.17. The minimum atomic E-state index is -0.235. The molecule has 41 heavy (non-hydrogen) atoms. The number of nitrogens with zero attached hydrogens (tertiary/aromatic N) is 2. The largest absolute Gasteiger partial charge is 0.309 e. The quantitative estimate of drug-likeness (QED) is 0.215. The number of halogens is 1. The number of fused-ring (bicyclic) bond motifs is 6. The van der Waals surface area contributed by atoms with E-state index in [1.807, 2.05) is 30.3 Å². The standard InChI is InChI=1S/C38H27FN2/c1-24-19-21-31(39)38(41-35-17-9-5-13-29(35)30-14-6-10-18-36(30)41)37(24)26-20-22-32(25(2)23-26)40-33-15-7-3-11-27(33)28-12-4-8-16-34(28)40/h3-23H,1-2H3. The Morgan fingerprint density at radius 1 is 0.463 bits per heavy atom. The van der Waals surface area contributed by atoms with E-state index in [0.717, 1.165) is 49.7 Å². The summed E-state index contributed by atoms with van der Waals surface area (Å²) < 4.78 is 20.5. The normalized spacial score (nSPS) is 11.8. The first-order valence-electron chi connectivity index (χ1n) is 14.0. The van der Waals surface area contributed by atoms with E-state index >= 15 is 4.39 Å². The summed E-state index contributed by atoms with van der Waals surface area (Å²) in [5.41, 5.74) is 10.1. The van der Waals surface area contributed by atoms with Crippen LogP contribution in [0.5, 0.6) is 0 Å². The molecule has 0 aliphatic rings. The zero-order valence-electron chi connectivity index (χ0n) is 22.9. The zero-order valence-corrected chi connectivity index (χ0v) is 22.9. The third-order valence-electron chi connectivity index (χ3n) is 8.45. The van der Waals surface area contributed by atoms with Crippen LogP contribution in [-0.4, -0.2) is 9.13 Å². The van der Waals surface area contributed by atoms with E-state index in [4.69, 9.17) is 0 Å². The van der Waals surface area contributed by atoms with Crippen molar-refractivity contribution < 1.29 is 4.39 Å². The molecule has 2 aromatic heterocycles. The lowest BCUT2D eigenvalue weighted by atomic mass is 9.95. The number of aryl methyl sites for hydroxylation is 2. The number of hydrogen-bond acceptors (Lipinski definition) is 0. The fourth-order valence-electron chi connectivity index (χ4n) is 6.66. The average Bonchev–Trinajstić information content (AvgIpc) is 3.51.